The van der Waals surface area contributed by atoms with Gasteiger partial charge in [-0.25, -0.2) is 9.48 Å². The molecule has 6 heterocycles. The summed E-state index contributed by atoms with van der Waals surface area (Å²) in [5, 5.41) is 30.5. The molecule has 5 aliphatic heterocycles. The summed E-state index contributed by atoms with van der Waals surface area (Å²) in [6.07, 6.45) is 5.19. The smallest absolute Gasteiger partial charge is 0.353 e. The number of hydrogen-bond donors (Lipinski definition) is 4. The van der Waals surface area contributed by atoms with Crippen LogP contribution in [0.4, 0.5) is 0 Å². The van der Waals surface area contributed by atoms with Crippen LogP contribution in [0.1, 0.15) is 39.5 Å². The first-order chi connectivity index (χ1) is 19.7. The van der Waals surface area contributed by atoms with Gasteiger partial charge in [0.05, 0.1) is 18.0 Å². The van der Waals surface area contributed by atoms with Crippen molar-refractivity contribution < 1.29 is 24.3 Å². The highest BCUT2D eigenvalue weighted by Gasteiger charge is 2.60. The molecule has 0 aromatic carbocycles. The van der Waals surface area contributed by atoms with Crippen LogP contribution in [0.15, 0.2) is 16.9 Å². The SMILES string of the molecule is C[C@@H](NC(=O)Cn1cnnn1)[C@H]1C(=O)N2C(C(=O)O)=C(S[C@@H]3CNC(C(=O)N4CCC5(CCNC5)CC4)C3)[C@H](C)[C@H]12. The number of aromatic nitrogens is 4. The molecule has 3 amide bonds. The van der Waals surface area contributed by atoms with E-state index in [2.05, 4.69) is 31.5 Å². The third-order valence-electron chi connectivity index (χ3n) is 9.57. The Kier molecular flexibility index (Phi) is 7.53. The molecular weight excluding hydrogens is 550 g/mol. The van der Waals surface area contributed by atoms with Gasteiger partial charge < -0.3 is 30.9 Å². The van der Waals surface area contributed by atoms with Crippen molar-refractivity contribution in [3.63, 3.8) is 0 Å². The number of aliphatic carboxylic acids is 1. The summed E-state index contributed by atoms with van der Waals surface area (Å²) in [7, 11) is 0. The average Bonchev–Trinajstić information content (AvgIpc) is 3.74. The van der Waals surface area contributed by atoms with Crippen molar-refractivity contribution in [3.05, 3.63) is 16.9 Å². The van der Waals surface area contributed by atoms with Gasteiger partial charge in [-0.15, -0.1) is 16.9 Å². The molecule has 1 aromatic rings. The van der Waals surface area contributed by atoms with Crippen molar-refractivity contribution in [1.29, 1.82) is 0 Å². The maximum Gasteiger partial charge on any atom is 0.353 e. The molecule has 4 saturated heterocycles. The Labute approximate surface area is 242 Å². The third kappa shape index (κ3) is 5.12. The van der Waals surface area contributed by atoms with E-state index in [-0.39, 0.29) is 53.2 Å². The van der Waals surface area contributed by atoms with Gasteiger partial charge in [0.25, 0.3) is 0 Å². The second kappa shape index (κ2) is 11.0. The van der Waals surface area contributed by atoms with Gasteiger partial charge >= 0.3 is 5.97 Å². The normalized spacial score (nSPS) is 31.4. The van der Waals surface area contributed by atoms with Gasteiger partial charge in [0.1, 0.15) is 18.6 Å². The molecule has 1 spiro atoms. The number of tetrazole rings is 1. The number of carboxylic acids is 1. The number of piperidine rings is 1. The Morgan fingerprint density at radius 1 is 1.27 bits per heavy atom. The van der Waals surface area contributed by atoms with Crippen LogP contribution in [-0.2, 0) is 25.7 Å². The van der Waals surface area contributed by atoms with Crippen molar-refractivity contribution in [2.24, 2.45) is 17.3 Å². The number of rotatable bonds is 8. The summed E-state index contributed by atoms with van der Waals surface area (Å²) in [5.41, 5.74) is 0.373. The monoisotopic (exact) mass is 587 g/mol. The minimum Gasteiger partial charge on any atom is -0.477 e. The lowest BCUT2D eigenvalue weighted by molar-refractivity contribution is -0.158. The number of carbonyl (C=O) groups excluding carboxylic acids is 3. The molecule has 15 heteroatoms. The summed E-state index contributed by atoms with van der Waals surface area (Å²) >= 11 is 1.47. The molecule has 4 fully saturated rings. The molecule has 5 aliphatic rings. The molecule has 222 valence electrons. The van der Waals surface area contributed by atoms with Crippen LogP contribution in [0.2, 0.25) is 0 Å². The van der Waals surface area contributed by atoms with Gasteiger partial charge in [-0.05, 0) is 55.0 Å². The fourth-order valence-electron chi connectivity index (χ4n) is 7.29. The number of hydrogen-bond acceptors (Lipinski definition) is 10. The van der Waals surface area contributed by atoms with Crippen molar-refractivity contribution in [2.45, 2.75) is 69.5 Å². The fraction of sp³-hybridized carbons (Fsp3) is 0.731. The quantitative estimate of drug-likeness (QED) is 0.275. The van der Waals surface area contributed by atoms with Gasteiger partial charge in [-0.3, -0.25) is 14.4 Å². The van der Waals surface area contributed by atoms with Crippen LogP contribution in [0.5, 0.6) is 0 Å². The summed E-state index contributed by atoms with van der Waals surface area (Å²) in [6, 6.07) is -1.12. The molecule has 1 unspecified atom stereocenters. The molecule has 0 radical (unpaired) electrons. The van der Waals surface area contributed by atoms with Crippen LogP contribution in [0.3, 0.4) is 0 Å². The van der Waals surface area contributed by atoms with Gasteiger partial charge in [-0.2, -0.15) is 0 Å². The van der Waals surface area contributed by atoms with E-state index in [1.54, 1.807) is 6.92 Å². The standard InChI is InChI=1S/C26H37N9O5S/c1-14-20-19(15(2)30-18(36)11-34-13-29-31-32-34)24(38)35(20)21(25(39)40)22(14)41-16-9-17(28-10-16)23(37)33-7-4-26(5-8-33)3-6-27-12-26/h13-17,19-20,27-28H,3-12H2,1-2H3,(H,30,36)(H,39,40)/t14-,15-,16+,17?,19-,20-/m1/s1. The number of nitrogens with one attached hydrogen (secondary N) is 3. The Morgan fingerprint density at radius 3 is 2.71 bits per heavy atom. The van der Waals surface area contributed by atoms with Crippen molar-refractivity contribution in [1.82, 2.24) is 46.0 Å². The van der Waals surface area contributed by atoms with Gasteiger partial charge in [0.15, 0.2) is 0 Å². The van der Waals surface area contributed by atoms with Crippen molar-refractivity contribution >= 4 is 35.5 Å². The van der Waals surface area contributed by atoms with Crippen LogP contribution < -0.4 is 16.0 Å². The van der Waals surface area contributed by atoms with Crippen LogP contribution in [0, 0.1) is 17.3 Å². The fourth-order valence-corrected chi connectivity index (χ4v) is 8.77. The summed E-state index contributed by atoms with van der Waals surface area (Å²) in [4.78, 5) is 55.4. The lowest BCUT2D eigenvalue weighted by Gasteiger charge is -2.47. The van der Waals surface area contributed by atoms with Gasteiger partial charge in [-0.1, -0.05) is 6.92 Å². The number of β-lactam (4-membered cyclic amide) rings is 1. The topological polar surface area (TPSA) is 175 Å². The number of thioether (sulfide) groups is 1. The molecule has 0 bridgehead atoms. The zero-order valence-corrected chi connectivity index (χ0v) is 24.1. The van der Waals surface area contributed by atoms with Gasteiger partial charge in [0, 0.05) is 48.3 Å². The van der Waals surface area contributed by atoms with Crippen LogP contribution in [-0.4, -0.2) is 115 Å². The van der Waals surface area contributed by atoms with E-state index < -0.39 is 17.9 Å². The van der Waals surface area contributed by atoms with Crippen molar-refractivity contribution in [2.75, 3.05) is 32.7 Å². The average molecular weight is 588 g/mol. The largest absolute Gasteiger partial charge is 0.477 e. The first-order valence-electron chi connectivity index (χ1n) is 14.4. The predicted octanol–water partition coefficient (Wildman–Crippen LogP) is -0.983. The third-order valence-corrected chi connectivity index (χ3v) is 11.1. The first kappa shape index (κ1) is 28.1. The van der Waals surface area contributed by atoms with E-state index in [9.17, 15) is 24.3 Å². The molecular formula is C26H37N9O5S. The number of nitrogens with zero attached hydrogens (tertiary/aromatic N) is 6. The molecule has 1 aromatic heterocycles. The van der Waals surface area contributed by atoms with E-state index in [1.165, 1.54) is 34.1 Å². The Hall–Kier alpha value is -3.04. The minimum atomic E-state index is -1.13. The molecule has 6 rings (SSSR count). The maximum atomic E-state index is 13.3. The summed E-state index contributed by atoms with van der Waals surface area (Å²) in [6.45, 7) is 7.89. The van der Waals surface area contributed by atoms with E-state index in [1.807, 2.05) is 11.8 Å². The predicted molar refractivity (Wildman–Crippen MR) is 147 cm³/mol. The number of carboxylic acid groups (broad SMARTS) is 1. The Balaban J connectivity index is 1.07. The molecule has 4 N–H and O–H groups in total. The molecule has 0 aliphatic carbocycles. The maximum absolute atomic E-state index is 13.3. The van der Waals surface area contributed by atoms with Crippen LogP contribution >= 0.6 is 11.8 Å². The second-order valence-corrected chi connectivity index (χ2v) is 13.4. The highest BCUT2D eigenvalue weighted by molar-refractivity contribution is 8.03. The molecule has 41 heavy (non-hydrogen) atoms. The number of carbonyl (C=O) groups is 4. The van der Waals surface area contributed by atoms with Crippen LogP contribution in [0.25, 0.3) is 0 Å². The molecule has 6 atom stereocenters. The minimum absolute atomic E-state index is 0.0200. The molecule has 14 nitrogen and oxygen atoms in total. The lowest BCUT2D eigenvalue weighted by atomic mass is 9.78. The highest BCUT2D eigenvalue weighted by atomic mass is 32.2. The highest BCUT2D eigenvalue weighted by Crippen LogP contribution is 2.52. The number of amides is 3. The summed E-state index contributed by atoms with van der Waals surface area (Å²) in [5.74, 6) is -2.39. The lowest BCUT2D eigenvalue weighted by Crippen LogP contribution is -2.66. The van der Waals surface area contributed by atoms with Gasteiger partial charge in [0.2, 0.25) is 17.7 Å². The molecule has 0 saturated carbocycles. The second-order valence-electron chi connectivity index (χ2n) is 12.1. The zero-order valence-electron chi connectivity index (χ0n) is 23.3. The number of fused-ring (bicyclic) bond motifs is 1. The Bertz CT molecular complexity index is 1240. The van der Waals surface area contributed by atoms with Crippen molar-refractivity contribution in [3.8, 4) is 0 Å². The van der Waals surface area contributed by atoms with E-state index in [0.717, 1.165) is 39.0 Å². The number of likely N-dealkylation sites (tertiary alicyclic amines) is 1. The first-order valence-corrected chi connectivity index (χ1v) is 15.3. The van der Waals surface area contributed by atoms with E-state index in [0.29, 0.717) is 23.3 Å². The summed E-state index contributed by atoms with van der Waals surface area (Å²) < 4.78 is 1.29. The van der Waals surface area contributed by atoms with E-state index >= 15 is 0 Å². The zero-order chi connectivity index (χ0) is 28.9. The van der Waals surface area contributed by atoms with E-state index in [4.69, 9.17) is 0 Å². The Morgan fingerprint density at radius 2 is 2.05 bits per heavy atom.